The van der Waals surface area contributed by atoms with E-state index in [2.05, 4.69) is 33.4 Å². The van der Waals surface area contributed by atoms with E-state index in [9.17, 15) is 15.3 Å². The van der Waals surface area contributed by atoms with Crippen molar-refractivity contribution >= 4 is 28.9 Å². The van der Waals surface area contributed by atoms with Crippen molar-refractivity contribution in [3.63, 3.8) is 0 Å². The van der Waals surface area contributed by atoms with Crippen molar-refractivity contribution in [2.45, 2.75) is 31.8 Å². The van der Waals surface area contributed by atoms with Gasteiger partial charge in [-0.05, 0) is 43.2 Å². The van der Waals surface area contributed by atoms with Crippen molar-refractivity contribution in [3.8, 4) is 18.0 Å². The van der Waals surface area contributed by atoms with Crippen molar-refractivity contribution in [2.75, 3.05) is 75.4 Å². The number of morpholine rings is 1. The molecule has 4 heterocycles. The Morgan fingerprint density at radius 2 is 1.93 bits per heavy atom. The molecule has 0 spiro atoms. The second-order valence-electron chi connectivity index (χ2n) is 10.7. The van der Waals surface area contributed by atoms with Crippen LogP contribution in [0.2, 0.25) is 5.02 Å². The first-order valence-corrected chi connectivity index (χ1v) is 14.8. The smallest absolute Gasteiger partial charge is 0.246 e. The Kier molecular flexibility index (Phi) is 9.81. The van der Waals surface area contributed by atoms with Gasteiger partial charge in [0, 0.05) is 62.1 Å². The van der Waals surface area contributed by atoms with Crippen LogP contribution in [0.25, 0.3) is 0 Å². The van der Waals surface area contributed by atoms with E-state index in [0.717, 1.165) is 68.4 Å². The van der Waals surface area contributed by atoms with Gasteiger partial charge in [-0.15, -0.1) is 0 Å². The zero-order chi connectivity index (χ0) is 29.5. The molecule has 1 aromatic heterocycles. The second-order valence-corrected chi connectivity index (χ2v) is 11.1. The third-order valence-corrected chi connectivity index (χ3v) is 8.39. The summed E-state index contributed by atoms with van der Waals surface area (Å²) in [6.45, 7) is 11.0. The van der Waals surface area contributed by atoms with Gasteiger partial charge in [-0.3, -0.25) is 9.69 Å². The molecule has 1 aromatic carbocycles. The minimum Gasteiger partial charge on any atom is -0.477 e. The topological polar surface area (TPSA) is 109 Å². The zero-order valence-corrected chi connectivity index (χ0v) is 24.6. The third-order valence-electron chi connectivity index (χ3n) is 8.14. The first-order chi connectivity index (χ1) is 20.5. The maximum Gasteiger partial charge on any atom is 0.246 e. The van der Waals surface area contributed by atoms with Gasteiger partial charge >= 0.3 is 0 Å². The number of nitriles is 2. The first kappa shape index (κ1) is 29.7. The van der Waals surface area contributed by atoms with Crippen LogP contribution in [0, 0.1) is 22.7 Å². The van der Waals surface area contributed by atoms with E-state index in [1.807, 2.05) is 24.3 Å². The summed E-state index contributed by atoms with van der Waals surface area (Å²) in [4.78, 5) is 25.9. The van der Waals surface area contributed by atoms with Crippen LogP contribution in [0.4, 0.5) is 11.4 Å². The molecule has 220 valence electrons. The van der Waals surface area contributed by atoms with E-state index in [4.69, 9.17) is 26.1 Å². The molecule has 2 aromatic rings. The predicted octanol–water partition coefficient (Wildman–Crippen LogP) is 3.39. The van der Waals surface area contributed by atoms with Gasteiger partial charge in [0.05, 0.1) is 56.3 Å². The lowest BCUT2D eigenvalue weighted by Gasteiger charge is -2.43. The molecule has 1 amide bonds. The number of halogens is 1. The van der Waals surface area contributed by atoms with Gasteiger partial charge in [0.2, 0.25) is 11.8 Å². The molecular formula is C31H36ClN7O3. The summed E-state index contributed by atoms with van der Waals surface area (Å²) in [6, 6.07) is 12.1. The summed E-state index contributed by atoms with van der Waals surface area (Å²) in [5.74, 6) is 0.155. The molecule has 0 unspecified atom stereocenters. The van der Waals surface area contributed by atoms with Crippen LogP contribution >= 0.6 is 11.6 Å². The summed E-state index contributed by atoms with van der Waals surface area (Å²) in [6.07, 6.45) is 2.99. The third kappa shape index (κ3) is 6.63. The van der Waals surface area contributed by atoms with Gasteiger partial charge in [-0.2, -0.15) is 10.5 Å². The number of carbonyl (C=O) groups is 1. The highest BCUT2D eigenvalue weighted by Gasteiger charge is 2.34. The van der Waals surface area contributed by atoms with Gasteiger partial charge in [-0.1, -0.05) is 18.2 Å². The van der Waals surface area contributed by atoms with Crippen LogP contribution in [0.1, 0.15) is 29.7 Å². The molecule has 5 rings (SSSR count). The number of benzene rings is 1. The van der Waals surface area contributed by atoms with E-state index >= 15 is 0 Å². The largest absolute Gasteiger partial charge is 0.477 e. The molecule has 11 heteroatoms. The first-order valence-electron chi connectivity index (χ1n) is 14.5. The average molecular weight is 590 g/mol. The van der Waals surface area contributed by atoms with Crippen molar-refractivity contribution < 1.29 is 14.3 Å². The minimum absolute atomic E-state index is 0.185. The molecule has 0 bridgehead atoms. The van der Waals surface area contributed by atoms with Gasteiger partial charge in [-0.25, -0.2) is 4.98 Å². The van der Waals surface area contributed by atoms with Crippen LogP contribution in [0.5, 0.6) is 5.88 Å². The lowest BCUT2D eigenvalue weighted by Crippen LogP contribution is -2.55. The molecule has 0 N–H and O–H groups in total. The van der Waals surface area contributed by atoms with E-state index in [1.165, 1.54) is 6.08 Å². The molecule has 0 aliphatic carbocycles. The molecule has 0 radical (unpaired) electrons. The van der Waals surface area contributed by atoms with Crippen molar-refractivity contribution in [1.29, 1.82) is 10.5 Å². The van der Waals surface area contributed by atoms with Gasteiger partial charge in [0.25, 0.3) is 0 Å². The van der Waals surface area contributed by atoms with Crippen molar-refractivity contribution in [3.05, 3.63) is 58.8 Å². The highest BCUT2D eigenvalue weighted by atomic mass is 35.5. The summed E-state index contributed by atoms with van der Waals surface area (Å²) in [5, 5.41) is 20.6. The minimum atomic E-state index is -0.309. The molecule has 3 aliphatic heterocycles. The number of nitrogens with zero attached hydrogens (tertiary/aromatic N) is 7. The number of fused-ring (bicyclic) bond motifs is 1. The number of anilines is 2. The quantitative estimate of drug-likeness (QED) is 0.321. The fraction of sp³-hybridized carbons (Fsp3) is 0.484. The zero-order valence-electron chi connectivity index (χ0n) is 23.8. The summed E-state index contributed by atoms with van der Waals surface area (Å²) in [5.41, 5.74) is 4.18. The number of rotatable bonds is 9. The van der Waals surface area contributed by atoms with Gasteiger partial charge < -0.3 is 24.2 Å². The average Bonchev–Trinajstić information content (AvgIpc) is 3.02. The Balaban J connectivity index is 1.44. The lowest BCUT2D eigenvalue weighted by molar-refractivity contribution is -0.128. The van der Waals surface area contributed by atoms with Gasteiger partial charge in [0.15, 0.2) is 0 Å². The number of hydrogen-bond donors (Lipinski definition) is 0. The monoisotopic (exact) mass is 589 g/mol. The summed E-state index contributed by atoms with van der Waals surface area (Å²) >= 11 is 6.13. The van der Waals surface area contributed by atoms with Crippen LogP contribution in [0.15, 0.2) is 36.9 Å². The molecule has 2 fully saturated rings. The number of ether oxygens (including phenoxy) is 2. The highest BCUT2D eigenvalue weighted by Crippen LogP contribution is 2.38. The van der Waals surface area contributed by atoms with E-state index in [-0.39, 0.29) is 18.4 Å². The van der Waals surface area contributed by atoms with Crippen molar-refractivity contribution in [1.82, 2.24) is 14.8 Å². The Morgan fingerprint density at radius 1 is 1.14 bits per heavy atom. The molecule has 10 nitrogen and oxygen atoms in total. The number of aromatic nitrogens is 1. The molecule has 0 saturated carbocycles. The second kappa shape index (κ2) is 13.9. The van der Waals surface area contributed by atoms with Crippen LogP contribution in [-0.4, -0.2) is 92.4 Å². The van der Waals surface area contributed by atoms with E-state index < -0.39 is 0 Å². The molecule has 3 aliphatic rings. The van der Waals surface area contributed by atoms with Crippen LogP contribution in [0.3, 0.4) is 0 Å². The van der Waals surface area contributed by atoms with Crippen LogP contribution in [-0.2, 0) is 22.5 Å². The lowest BCUT2D eigenvalue weighted by atomic mass is 9.97. The summed E-state index contributed by atoms with van der Waals surface area (Å²) < 4.78 is 11.7. The Morgan fingerprint density at radius 3 is 2.64 bits per heavy atom. The normalized spacial score (nSPS) is 19.0. The standard InChI is InChI=1S/C31H36ClN7O3/c1-2-29(40)39-14-13-38(21-25(39)8-10-33)30-26-9-12-37(24-6-4-23(32)5-7-24)22-28(26)35-31(27(30)20-34)42-17-3-11-36-15-18-41-19-16-36/h2,4-7,25H,1,3,8-9,11-19,21-22H2/t25-/m0/s1. The summed E-state index contributed by atoms with van der Waals surface area (Å²) in [7, 11) is 0. The number of amides is 1. The SMILES string of the molecule is C=CC(=O)N1CCN(c2c(C#N)c(OCCCN3CCOCC3)nc3c2CCN(c2ccc(Cl)cc2)C3)C[C@@H]1CC#N. The Bertz CT molecular complexity index is 1360. The van der Waals surface area contributed by atoms with E-state index in [1.54, 1.807) is 4.90 Å². The van der Waals surface area contributed by atoms with Gasteiger partial charge in [0.1, 0.15) is 11.6 Å². The van der Waals surface area contributed by atoms with Crippen LogP contribution < -0.4 is 14.5 Å². The molecule has 2 saturated heterocycles. The van der Waals surface area contributed by atoms with Crippen molar-refractivity contribution in [2.24, 2.45) is 0 Å². The van der Waals surface area contributed by atoms with E-state index in [0.29, 0.717) is 55.7 Å². The molecule has 42 heavy (non-hydrogen) atoms. The maximum atomic E-state index is 12.5. The molecular weight excluding hydrogens is 554 g/mol. The highest BCUT2D eigenvalue weighted by molar-refractivity contribution is 6.30. The number of carbonyl (C=O) groups excluding carboxylic acids is 1. The Labute approximate surface area is 252 Å². The number of pyridine rings is 1. The number of hydrogen-bond acceptors (Lipinski definition) is 9. The maximum absolute atomic E-state index is 12.5. The molecule has 1 atom stereocenters. The number of piperazine rings is 1. The fourth-order valence-corrected chi connectivity index (χ4v) is 6.11. The predicted molar refractivity (Wildman–Crippen MR) is 161 cm³/mol. The Hall–Kier alpha value is -3.83. The fourth-order valence-electron chi connectivity index (χ4n) is 5.99.